The van der Waals surface area contributed by atoms with Crippen molar-refractivity contribution in [3.8, 4) is 22.1 Å². The number of rotatable bonds is 12. The Labute approximate surface area is 216 Å². The number of nitrogens with one attached hydrogen (secondary N) is 1. The molecule has 0 bridgehead atoms. The van der Waals surface area contributed by atoms with Crippen molar-refractivity contribution in [1.82, 2.24) is 15.1 Å². The molecule has 186 valence electrons. The van der Waals surface area contributed by atoms with Gasteiger partial charge >= 0.3 is 0 Å². The first-order valence-electron chi connectivity index (χ1n) is 10.8. The lowest BCUT2D eigenvalue weighted by Gasteiger charge is -2.22. The first-order chi connectivity index (χ1) is 16.9. The van der Waals surface area contributed by atoms with E-state index >= 15 is 0 Å². The van der Waals surface area contributed by atoms with Gasteiger partial charge in [-0.3, -0.25) is 9.59 Å². The molecule has 9 nitrogen and oxygen atoms in total. The van der Waals surface area contributed by atoms with Crippen molar-refractivity contribution in [3.63, 3.8) is 0 Å². The highest BCUT2D eigenvalue weighted by Crippen LogP contribution is 2.28. The summed E-state index contributed by atoms with van der Waals surface area (Å²) in [5, 5.41) is 12.1. The van der Waals surface area contributed by atoms with Gasteiger partial charge in [0, 0.05) is 36.7 Å². The standard InChI is InChI=1S/C24H27BrN4O5S/c1-32-15-22(31)29(12-10-16-4-9-19(33-2)20(14-16)34-3)13-11-21(30)26-24-28-27-23(35-24)17-5-7-18(25)8-6-17/h4-9,14H,10-13,15H2,1-3H3,(H,26,28,30). The first-order valence-corrected chi connectivity index (χ1v) is 12.4. The number of methoxy groups -OCH3 is 3. The third kappa shape index (κ3) is 7.74. The second-order valence-electron chi connectivity index (χ2n) is 7.47. The number of benzene rings is 2. The van der Waals surface area contributed by atoms with Crippen molar-refractivity contribution in [2.24, 2.45) is 0 Å². The van der Waals surface area contributed by atoms with Crippen LogP contribution in [0.15, 0.2) is 46.9 Å². The Morgan fingerprint density at radius 3 is 2.43 bits per heavy atom. The molecule has 11 heteroatoms. The molecule has 0 atom stereocenters. The Hall–Kier alpha value is -3.02. The Bertz CT molecular complexity index is 1140. The maximum atomic E-state index is 12.5. The summed E-state index contributed by atoms with van der Waals surface area (Å²) in [4.78, 5) is 26.7. The summed E-state index contributed by atoms with van der Waals surface area (Å²) in [6.07, 6.45) is 0.707. The lowest BCUT2D eigenvalue weighted by molar-refractivity contribution is -0.135. The summed E-state index contributed by atoms with van der Waals surface area (Å²) in [5.74, 6) is 0.831. The summed E-state index contributed by atoms with van der Waals surface area (Å²) in [6, 6.07) is 13.3. The molecule has 0 aliphatic rings. The summed E-state index contributed by atoms with van der Waals surface area (Å²) in [6.45, 7) is 0.623. The average Bonchev–Trinajstić information content (AvgIpc) is 3.32. The minimum absolute atomic E-state index is 0.0551. The monoisotopic (exact) mass is 562 g/mol. The average molecular weight is 563 g/mol. The van der Waals surface area contributed by atoms with E-state index in [2.05, 4.69) is 31.4 Å². The van der Waals surface area contributed by atoms with E-state index < -0.39 is 0 Å². The molecule has 0 spiro atoms. The second kappa shape index (κ2) is 13.2. The van der Waals surface area contributed by atoms with E-state index in [9.17, 15) is 9.59 Å². The molecule has 3 rings (SSSR count). The minimum atomic E-state index is -0.246. The summed E-state index contributed by atoms with van der Waals surface area (Å²) in [7, 11) is 4.63. The van der Waals surface area contributed by atoms with Crippen molar-refractivity contribution in [3.05, 3.63) is 52.5 Å². The van der Waals surface area contributed by atoms with Crippen molar-refractivity contribution < 1.29 is 23.8 Å². The summed E-state index contributed by atoms with van der Waals surface area (Å²) in [5.41, 5.74) is 1.90. The topological polar surface area (TPSA) is 103 Å². The van der Waals surface area contributed by atoms with E-state index in [1.54, 1.807) is 19.1 Å². The van der Waals surface area contributed by atoms with Crippen molar-refractivity contribution in [2.75, 3.05) is 46.3 Å². The molecule has 3 aromatic rings. The third-order valence-corrected chi connectivity index (χ3v) is 6.53. The van der Waals surface area contributed by atoms with Crippen molar-refractivity contribution >= 4 is 44.2 Å². The summed E-state index contributed by atoms with van der Waals surface area (Å²) >= 11 is 4.70. The molecule has 0 aliphatic heterocycles. The fourth-order valence-corrected chi connectivity index (χ4v) is 4.31. The van der Waals surface area contributed by atoms with E-state index in [4.69, 9.17) is 14.2 Å². The number of aromatic nitrogens is 2. The van der Waals surface area contributed by atoms with E-state index in [1.807, 2.05) is 42.5 Å². The molecule has 0 radical (unpaired) electrons. The summed E-state index contributed by atoms with van der Waals surface area (Å²) < 4.78 is 16.6. The molecule has 1 N–H and O–H groups in total. The van der Waals surface area contributed by atoms with Gasteiger partial charge in [-0.15, -0.1) is 10.2 Å². The molecule has 1 heterocycles. The van der Waals surface area contributed by atoms with E-state index in [0.717, 1.165) is 15.6 Å². The predicted octanol–water partition coefficient (Wildman–Crippen LogP) is 4.03. The van der Waals surface area contributed by atoms with E-state index in [-0.39, 0.29) is 31.4 Å². The van der Waals surface area contributed by atoms with Crippen LogP contribution >= 0.6 is 27.3 Å². The van der Waals surface area contributed by atoms with Crippen LogP contribution in [0.4, 0.5) is 5.13 Å². The van der Waals surface area contributed by atoms with Gasteiger partial charge < -0.3 is 24.4 Å². The maximum Gasteiger partial charge on any atom is 0.248 e. The van der Waals surface area contributed by atoms with Gasteiger partial charge in [0.05, 0.1) is 14.2 Å². The van der Waals surface area contributed by atoms with Crippen LogP contribution in [-0.2, 0) is 20.7 Å². The van der Waals surface area contributed by atoms with Crippen LogP contribution < -0.4 is 14.8 Å². The molecular weight excluding hydrogens is 536 g/mol. The highest BCUT2D eigenvalue weighted by Gasteiger charge is 2.17. The van der Waals surface area contributed by atoms with Crippen LogP contribution in [0.5, 0.6) is 11.5 Å². The van der Waals surface area contributed by atoms with Gasteiger partial charge in [0.15, 0.2) is 11.5 Å². The maximum absolute atomic E-state index is 12.5. The molecule has 2 aromatic carbocycles. The van der Waals surface area contributed by atoms with Gasteiger partial charge in [-0.2, -0.15) is 0 Å². The first kappa shape index (κ1) is 26.6. The second-order valence-corrected chi connectivity index (χ2v) is 9.36. The van der Waals surface area contributed by atoms with Crippen LogP contribution in [0.2, 0.25) is 0 Å². The quantitative estimate of drug-likeness (QED) is 0.355. The van der Waals surface area contributed by atoms with Gasteiger partial charge in [-0.05, 0) is 36.2 Å². The normalized spacial score (nSPS) is 10.6. The number of anilines is 1. The minimum Gasteiger partial charge on any atom is -0.493 e. The van der Waals surface area contributed by atoms with Gasteiger partial charge in [0.1, 0.15) is 11.6 Å². The lowest BCUT2D eigenvalue weighted by atomic mass is 10.1. The molecule has 35 heavy (non-hydrogen) atoms. The van der Waals surface area contributed by atoms with Crippen LogP contribution in [0.3, 0.4) is 0 Å². The Balaban J connectivity index is 1.57. The van der Waals surface area contributed by atoms with Crippen LogP contribution in [0, 0.1) is 0 Å². The van der Waals surface area contributed by atoms with Crippen LogP contribution in [0.1, 0.15) is 12.0 Å². The number of halogens is 1. The number of amides is 2. The fourth-order valence-electron chi connectivity index (χ4n) is 3.28. The fraction of sp³-hybridized carbons (Fsp3) is 0.333. The molecule has 1 aromatic heterocycles. The van der Waals surface area contributed by atoms with Gasteiger partial charge in [-0.25, -0.2) is 0 Å². The molecule has 0 saturated carbocycles. The molecule has 2 amide bonds. The predicted molar refractivity (Wildman–Crippen MR) is 138 cm³/mol. The SMILES string of the molecule is COCC(=O)N(CCC(=O)Nc1nnc(-c2ccc(Br)cc2)s1)CCc1ccc(OC)c(OC)c1. The van der Waals surface area contributed by atoms with Crippen LogP contribution in [0.25, 0.3) is 10.6 Å². The van der Waals surface area contributed by atoms with Gasteiger partial charge in [0.2, 0.25) is 16.9 Å². The van der Waals surface area contributed by atoms with E-state index in [0.29, 0.717) is 34.6 Å². The lowest BCUT2D eigenvalue weighted by Crippen LogP contribution is -2.37. The molecule has 0 saturated heterocycles. The number of ether oxygens (including phenoxy) is 3. The number of nitrogens with zero attached hydrogens (tertiary/aromatic N) is 3. The molecule has 0 unspecified atom stereocenters. The molecule has 0 aliphatic carbocycles. The van der Waals surface area contributed by atoms with Gasteiger partial charge in [-0.1, -0.05) is 45.5 Å². The number of carbonyl (C=O) groups excluding carboxylic acids is 2. The number of carbonyl (C=O) groups is 2. The smallest absolute Gasteiger partial charge is 0.248 e. The Kier molecular flexibility index (Phi) is 10.0. The number of hydrogen-bond donors (Lipinski definition) is 1. The molecule has 0 fully saturated rings. The zero-order valence-corrected chi connectivity index (χ0v) is 22.1. The van der Waals surface area contributed by atoms with Gasteiger partial charge in [0.25, 0.3) is 0 Å². The van der Waals surface area contributed by atoms with Crippen molar-refractivity contribution in [1.29, 1.82) is 0 Å². The number of hydrogen-bond acceptors (Lipinski definition) is 8. The molecular formula is C24H27BrN4O5S. The van der Waals surface area contributed by atoms with Crippen LogP contribution in [-0.4, -0.2) is 67.9 Å². The van der Waals surface area contributed by atoms with E-state index in [1.165, 1.54) is 18.4 Å². The zero-order valence-electron chi connectivity index (χ0n) is 19.7. The van der Waals surface area contributed by atoms with Crippen molar-refractivity contribution in [2.45, 2.75) is 12.8 Å². The highest BCUT2D eigenvalue weighted by molar-refractivity contribution is 9.10. The third-order valence-electron chi connectivity index (χ3n) is 5.11. The zero-order chi connectivity index (χ0) is 25.2. The Morgan fingerprint density at radius 2 is 1.74 bits per heavy atom. The largest absolute Gasteiger partial charge is 0.493 e. The Morgan fingerprint density at radius 1 is 1.00 bits per heavy atom. The highest BCUT2D eigenvalue weighted by atomic mass is 79.9.